The van der Waals surface area contributed by atoms with Crippen molar-refractivity contribution >= 4 is 14.1 Å². The third-order valence-electron chi connectivity index (χ3n) is 3.56. The highest BCUT2D eigenvalue weighted by molar-refractivity contribution is 6.74. The first-order valence-electron chi connectivity index (χ1n) is 6.09. The van der Waals surface area contributed by atoms with Crippen LogP contribution < -0.4 is 0 Å². The zero-order valence-electron chi connectivity index (χ0n) is 12.1. The van der Waals surface area contributed by atoms with Crippen molar-refractivity contribution in [3.63, 3.8) is 0 Å². The van der Waals surface area contributed by atoms with E-state index in [1.807, 2.05) is 13.1 Å². The third-order valence-corrected chi connectivity index (χ3v) is 8.06. The Labute approximate surface area is 110 Å². The topological polar surface area (TPSA) is 87.0 Å². The molecule has 6 heteroatoms. The second kappa shape index (κ2) is 6.25. The molecule has 5 nitrogen and oxygen atoms in total. The Morgan fingerprint density at radius 3 is 2.00 bits per heavy atom. The molecule has 0 aliphatic heterocycles. The normalized spacial score (nSPS) is 18.3. The van der Waals surface area contributed by atoms with Crippen LogP contribution in [-0.4, -0.2) is 54.3 Å². The van der Waals surface area contributed by atoms with Crippen LogP contribution in [0.15, 0.2) is 0 Å². The fourth-order valence-electron chi connectivity index (χ4n) is 1.06. The summed E-state index contributed by atoms with van der Waals surface area (Å²) >= 11 is 0. The Kier molecular flexibility index (Phi) is 6.16. The molecule has 0 saturated heterocycles. The van der Waals surface area contributed by atoms with Crippen LogP contribution in [0.5, 0.6) is 0 Å². The zero-order chi connectivity index (χ0) is 14.7. The average molecular weight is 278 g/mol. The molecule has 0 bridgehead atoms. The molecule has 0 fully saturated rings. The fourth-order valence-corrected chi connectivity index (χ4v) is 2.08. The van der Waals surface area contributed by atoms with E-state index >= 15 is 0 Å². The van der Waals surface area contributed by atoms with Crippen LogP contribution in [0.25, 0.3) is 0 Å². The number of carbonyl (C=O) groups is 1. The van der Waals surface area contributed by atoms with Crippen LogP contribution in [0, 0.1) is 0 Å². The molecular weight excluding hydrogens is 252 g/mol. The van der Waals surface area contributed by atoms with Crippen molar-refractivity contribution in [2.24, 2.45) is 0 Å². The quantitative estimate of drug-likeness (QED) is 0.622. The maximum absolute atomic E-state index is 10.9. The number of carbonyl (C=O) groups excluding carboxylic acids is 1. The van der Waals surface area contributed by atoms with Crippen LogP contribution in [0.1, 0.15) is 27.7 Å². The number of aliphatic hydroxyl groups excluding tert-OH is 3. The van der Waals surface area contributed by atoms with Gasteiger partial charge in [0.25, 0.3) is 0 Å². The minimum absolute atomic E-state index is 0.00311. The molecule has 0 unspecified atom stereocenters. The van der Waals surface area contributed by atoms with Crippen LogP contribution in [0.4, 0.5) is 0 Å². The van der Waals surface area contributed by atoms with Crippen molar-refractivity contribution in [3.8, 4) is 0 Å². The molecule has 0 heterocycles. The van der Waals surface area contributed by atoms with Gasteiger partial charge >= 0.3 is 0 Å². The van der Waals surface area contributed by atoms with Gasteiger partial charge in [0, 0.05) is 0 Å². The van der Waals surface area contributed by atoms with Crippen molar-refractivity contribution in [1.29, 1.82) is 0 Å². The number of hydrogen-bond acceptors (Lipinski definition) is 5. The molecule has 0 aliphatic carbocycles. The highest BCUT2D eigenvalue weighted by Gasteiger charge is 2.38. The molecule has 0 saturated carbocycles. The molecule has 0 aromatic carbocycles. The Morgan fingerprint density at radius 1 is 1.22 bits per heavy atom. The van der Waals surface area contributed by atoms with Crippen molar-refractivity contribution in [2.45, 2.75) is 64.1 Å². The van der Waals surface area contributed by atoms with Gasteiger partial charge in [-0.1, -0.05) is 20.8 Å². The fraction of sp³-hybridized carbons (Fsp3) is 0.917. The Hall–Kier alpha value is -0.273. The van der Waals surface area contributed by atoms with Gasteiger partial charge in [-0.3, -0.25) is 4.79 Å². The molecule has 0 aromatic rings. The van der Waals surface area contributed by atoms with Gasteiger partial charge in [-0.25, -0.2) is 0 Å². The minimum atomic E-state index is -2.01. The summed E-state index contributed by atoms with van der Waals surface area (Å²) in [4.78, 5) is 10.9. The van der Waals surface area contributed by atoms with E-state index in [1.165, 1.54) is 0 Å². The lowest BCUT2D eigenvalue weighted by atomic mass is 10.1. The van der Waals surface area contributed by atoms with E-state index in [2.05, 4.69) is 20.8 Å². The second-order valence-corrected chi connectivity index (χ2v) is 11.0. The summed E-state index contributed by atoms with van der Waals surface area (Å²) in [6.07, 6.45) is -4.34. The smallest absolute Gasteiger partial charge is 0.192 e. The van der Waals surface area contributed by atoms with E-state index in [1.54, 1.807) is 0 Å². The summed E-state index contributed by atoms with van der Waals surface area (Å²) in [5.74, 6) is -0.575. The van der Waals surface area contributed by atoms with Gasteiger partial charge in [0.15, 0.2) is 14.1 Å². The first-order valence-corrected chi connectivity index (χ1v) is 8.99. The molecule has 0 amide bonds. The van der Waals surface area contributed by atoms with Gasteiger partial charge in [-0.05, 0) is 25.1 Å². The first-order chi connectivity index (χ1) is 7.90. The van der Waals surface area contributed by atoms with Crippen LogP contribution in [0.3, 0.4) is 0 Å². The van der Waals surface area contributed by atoms with Gasteiger partial charge < -0.3 is 19.7 Å². The van der Waals surface area contributed by atoms with Crippen molar-refractivity contribution in [2.75, 3.05) is 6.61 Å². The van der Waals surface area contributed by atoms with Crippen molar-refractivity contribution in [3.05, 3.63) is 0 Å². The SMILES string of the molecule is CC(=O)[C@@H](O)[C@@H](O)[C@@H](O)CO[Si](C)(C)C(C)(C)C. The monoisotopic (exact) mass is 278 g/mol. The van der Waals surface area contributed by atoms with Gasteiger partial charge in [0.2, 0.25) is 0 Å². The van der Waals surface area contributed by atoms with Crippen LogP contribution >= 0.6 is 0 Å². The Morgan fingerprint density at radius 2 is 1.67 bits per heavy atom. The van der Waals surface area contributed by atoms with Crippen LogP contribution in [0.2, 0.25) is 18.1 Å². The summed E-state index contributed by atoms with van der Waals surface area (Å²) in [6.45, 7) is 11.3. The average Bonchev–Trinajstić information content (AvgIpc) is 2.22. The molecule has 108 valence electrons. The van der Waals surface area contributed by atoms with Crippen molar-refractivity contribution < 1.29 is 24.5 Å². The van der Waals surface area contributed by atoms with Gasteiger partial charge in [-0.15, -0.1) is 0 Å². The van der Waals surface area contributed by atoms with E-state index in [4.69, 9.17) is 4.43 Å². The molecule has 0 spiro atoms. The summed E-state index contributed by atoms with van der Waals surface area (Å²) in [6, 6.07) is 0. The predicted molar refractivity (Wildman–Crippen MR) is 71.9 cm³/mol. The molecule has 3 N–H and O–H groups in total. The molecular formula is C12H26O5Si. The summed E-state index contributed by atoms with van der Waals surface area (Å²) in [5, 5.41) is 28.6. The van der Waals surface area contributed by atoms with Crippen molar-refractivity contribution in [1.82, 2.24) is 0 Å². The predicted octanol–water partition coefficient (Wildman–Crippen LogP) is 0.680. The summed E-state index contributed by atoms with van der Waals surface area (Å²) in [5.41, 5.74) is 0. The maximum atomic E-state index is 10.9. The molecule has 0 aliphatic rings. The third kappa shape index (κ3) is 4.77. The molecule has 18 heavy (non-hydrogen) atoms. The zero-order valence-corrected chi connectivity index (χ0v) is 13.1. The van der Waals surface area contributed by atoms with E-state index in [9.17, 15) is 20.1 Å². The summed E-state index contributed by atoms with van der Waals surface area (Å²) < 4.78 is 5.71. The van der Waals surface area contributed by atoms with E-state index in [0.29, 0.717) is 0 Å². The van der Waals surface area contributed by atoms with Gasteiger partial charge in [-0.2, -0.15) is 0 Å². The second-order valence-electron chi connectivity index (χ2n) is 6.18. The highest BCUT2D eigenvalue weighted by Crippen LogP contribution is 2.36. The minimum Gasteiger partial charge on any atom is -0.414 e. The lowest BCUT2D eigenvalue weighted by molar-refractivity contribution is -0.137. The highest BCUT2D eigenvalue weighted by atomic mass is 28.4. The Bertz CT molecular complexity index is 285. The molecule has 0 aromatic heterocycles. The van der Waals surface area contributed by atoms with E-state index in [-0.39, 0.29) is 11.6 Å². The van der Waals surface area contributed by atoms with Gasteiger partial charge in [0.1, 0.15) is 18.3 Å². The number of Topliss-reactive ketones (excluding diaryl/α,β-unsaturated/α-hetero) is 1. The lowest BCUT2D eigenvalue weighted by Crippen LogP contribution is -2.48. The van der Waals surface area contributed by atoms with E-state index < -0.39 is 32.4 Å². The molecule has 0 rings (SSSR count). The summed E-state index contributed by atoms with van der Waals surface area (Å²) in [7, 11) is -2.01. The first kappa shape index (κ1) is 17.7. The molecule has 3 atom stereocenters. The van der Waals surface area contributed by atoms with Gasteiger partial charge in [0.05, 0.1) is 6.61 Å². The number of aliphatic hydroxyl groups is 3. The largest absolute Gasteiger partial charge is 0.414 e. The lowest BCUT2D eigenvalue weighted by Gasteiger charge is -2.37. The maximum Gasteiger partial charge on any atom is 0.192 e. The number of rotatable bonds is 6. The number of ketones is 1. The Balaban J connectivity index is 4.43. The van der Waals surface area contributed by atoms with E-state index in [0.717, 1.165) is 6.92 Å². The molecule has 0 radical (unpaired) electrons. The number of hydrogen-bond donors (Lipinski definition) is 3. The standard InChI is InChI=1S/C12H26O5Si/c1-8(13)10(15)11(16)9(14)7-17-18(5,6)12(2,3)4/h9-11,14-16H,7H2,1-6H3/t9-,10+,11-/m0/s1. The van der Waals surface area contributed by atoms with Crippen LogP contribution in [-0.2, 0) is 9.22 Å².